The minimum Gasteiger partial charge on any atom is -0.370 e. The number of para-hydroxylation sites is 1. The Balaban J connectivity index is 1.56. The molecule has 4 aromatic rings. The Labute approximate surface area is 456 Å². The van der Waals surface area contributed by atoms with Crippen molar-refractivity contribution < 1.29 is 43.2 Å². The van der Waals surface area contributed by atoms with Crippen molar-refractivity contribution >= 4 is 76.0 Å². The van der Waals surface area contributed by atoms with E-state index in [4.69, 9.17) is 22.3 Å². The van der Waals surface area contributed by atoms with Crippen LogP contribution in [0.25, 0.3) is 10.9 Å². The molecule has 27 nitrogen and oxygen atoms in total. The minimum atomic E-state index is -1.49. The van der Waals surface area contributed by atoms with Crippen LogP contribution in [0.1, 0.15) is 82.0 Å². The summed E-state index contributed by atoms with van der Waals surface area (Å²) in [6, 6.07) is 6.64. The van der Waals surface area contributed by atoms with Crippen LogP contribution in [0.15, 0.2) is 73.3 Å². The van der Waals surface area contributed by atoms with Crippen molar-refractivity contribution in [3.05, 3.63) is 90.1 Å². The predicted octanol–water partition coefficient (Wildman–Crippen LogP) is -2.31. The number of H-pyrrole nitrogens is 2. The molecule has 1 saturated heterocycles. The molecule has 2 unspecified atom stereocenters. The van der Waals surface area contributed by atoms with Gasteiger partial charge in [-0.25, -0.2) is 4.98 Å². The lowest BCUT2D eigenvalue weighted by Crippen LogP contribution is -2.61. The number of imidazole rings is 1. The van der Waals surface area contributed by atoms with Gasteiger partial charge in [0.15, 0.2) is 11.9 Å². The van der Waals surface area contributed by atoms with Gasteiger partial charge in [0.1, 0.15) is 42.3 Å². The summed E-state index contributed by atoms with van der Waals surface area (Å²) in [5, 5.41) is 45.7. The van der Waals surface area contributed by atoms with E-state index in [9.17, 15) is 43.2 Å². The fourth-order valence-electron chi connectivity index (χ4n) is 8.82. The van der Waals surface area contributed by atoms with Crippen LogP contribution in [-0.4, -0.2) is 149 Å². The molecule has 5 rings (SSSR count). The normalized spacial score (nSPS) is 20.6. The van der Waals surface area contributed by atoms with Gasteiger partial charge in [-0.1, -0.05) is 48.5 Å². The van der Waals surface area contributed by atoms with E-state index in [1.165, 1.54) is 19.4 Å². The second-order valence-corrected chi connectivity index (χ2v) is 19.0. The zero-order valence-corrected chi connectivity index (χ0v) is 44.4. The molecule has 0 bridgehead atoms. The van der Waals surface area contributed by atoms with E-state index in [-0.39, 0.29) is 109 Å². The quantitative estimate of drug-likeness (QED) is 0.0267. The van der Waals surface area contributed by atoms with Gasteiger partial charge in [0.2, 0.25) is 53.2 Å². The highest BCUT2D eigenvalue weighted by Crippen LogP contribution is 2.20. The Hall–Kier alpha value is -9.04. The van der Waals surface area contributed by atoms with Crippen LogP contribution in [0.4, 0.5) is 0 Å². The first-order chi connectivity index (χ1) is 37.9. The maximum Gasteiger partial charge on any atom is 0.243 e. The number of aromatic nitrogens is 3. The molecule has 3 heterocycles. The van der Waals surface area contributed by atoms with Gasteiger partial charge < -0.3 is 79.9 Å². The van der Waals surface area contributed by atoms with Crippen LogP contribution in [0.5, 0.6) is 0 Å². The number of likely N-dealkylation sites (N-methyl/N-ethyl adjacent to an activating group) is 1. The second-order valence-electron chi connectivity index (χ2n) is 19.0. The standard InChI is InChI=1S/C52H74N18O9/c1-3-58-44(73)36-16-9-21-59-43(72)20-19-39(67-45(74)37(64-30(2)71)17-10-22-60-51(53)54)47(76)70-42(26-33-28-57-29-63-33)50(79)68-40(24-31-12-5-4-6-13-31)48(77)66-38(18-11-23-61-52(55)56)46(75)69-41(49(78)65-36)25-32-27-62-35-15-8-7-14-34(32)35/h4-8,12-15,27-29,36-42,62H,3,9-11,16-26H2,1-2H3,(H,57,63)(H,58,73)(H,59,72)(H,64,71)(H,65,78)(H,66,77)(H,67,74)(H,68,79)(H,69,75)(H,70,76)(H4,53,54,60)(H4,55,56,61)/t36?,37-,38-,39-,40+,41-,42?/m0/s1. The van der Waals surface area contributed by atoms with E-state index in [1.807, 2.05) is 24.3 Å². The highest BCUT2D eigenvalue weighted by molar-refractivity contribution is 5.98. The highest BCUT2D eigenvalue weighted by Gasteiger charge is 2.35. The predicted molar refractivity (Wildman–Crippen MR) is 292 cm³/mol. The molecule has 1 aliphatic heterocycles. The van der Waals surface area contributed by atoms with Crippen LogP contribution in [0.3, 0.4) is 0 Å². The van der Waals surface area contributed by atoms with Crippen molar-refractivity contribution in [1.29, 1.82) is 10.8 Å². The second kappa shape index (κ2) is 31.2. The molecule has 9 amide bonds. The monoisotopic (exact) mass is 1090 g/mol. The van der Waals surface area contributed by atoms with E-state index in [0.717, 1.165) is 10.9 Å². The summed E-state index contributed by atoms with van der Waals surface area (Å²) in [5.41, 5.74) is 13.3. The lowest BCUT2D eigenvalue weighted by Gasteiger charge is -2.28. The van der Waals surface area contributed by atoms with Crippen molar-refractivity contribution in [3.8, 4) is 0 Å². The van der Waals surface area contributed by atoms with Gasteiger partial charge in [-0.2, -0.15) is 0 Å². The number of carbonyl (C=O) groups excluding carboxylic acids is 9. The number of rotatable bonds is 19. The van der Waals surface area contributed by atoms with E-state index in [1.54, 1.807) is 43.5 Å². The van der Waals surface area contributed by atoms with Crippen LogP contribution >= 0.6 is 0 Å². The zero-order valence-electron chi connectivity index (χ0n) is 44.4. The van der Waals surface area contributed by atoms with E-state index >= 15 is 0 Å². The SMILES string of the molecule is CCNC(=O)C1CCCNC(=O)CC[C@H](NC(=O)[C@H](CCCNC(=N)N)NC(C)=O)C(=O)NC(Cc2c[nH]cn2)C(=O)N[C@H](Cc2ccccc2)C(=O)N[C@@H](CCCNC(=N)N)C(=O)N[C@@H](Cc2c[nH]c3ccccc23)C(=O)N1. The molecule has 2 aromatic heterocycles. The van der Waals surface area contributed by atoms with Gasteiger partial charge in [-0.3, -0.25) is 54.0 Å². The molecule has 1 aliphatic rings. The van der Waals surface area contributed by atoms with Gasteiger partial charge in [0, 0.05) is 82.1 Å². The Morgan fingerprint density at radius 2 is 1.34 bits per heavy atom. The Morgan fingerprint density at radius 1 is 0.722 bits per heavy atom. The summed E-state index contributed by atoms with van der Waals surface area (Å²) in [5.74, 6) is -7.16. The first-order valence-corrected chi connectivity index (χ1v) is 26.3. The van der Waals surface area contributed by atoms with Crippen LogP contribution in [-0.2, 0) is 62.4 Å². The number of fused-ring (bicyclic) bond motifs is 1. The maximum absolute atomic E-state index is 14.8. The van der Waals surface area contributed by atoms with E-state index in [0.29, 0.717) is 16.8 Å². The number of nitrogens with two attached hydrogens (primary N) is 2. The van der Waals surface area contributed by atoms with Crippen molar-refractivity contribution in [1.82, 2.24) is 73.4 Å². The molecule has 79 heavy (non-hydrogen) atoms. The molecule has 2 aromatic carbocycles. The number of aromatic amines is 2. The third kappa shape index (κ3) is 20.5. The molecule has 27 heteroatoms. The molecular weight excluding hydrogens is 1020 g/mol. The Morgan fingerprint density at radius 3 is 2.01 bits per heavy atom. The Kier molecular flexibility index (Phi) is 24.1. The summed E-state index contributed by atoms with van der Waals surface area (Å²) in [6.07, 6.45) is 4.16. The van der Waals surface area contributed by atoms with Gasteiger partial charge >= 0.3 is 0 Å². The number of nitrogens with one attached hydrogen (secondary N) is 15. The van der Waals surface area contributed by atoms with Crippen molar-refractivity contribution in [2.24, 2.45) is 11.5 Å². The lowest BCUT2D eigenvalue weighted by atomic mass is 10.0. The van der Waals surface area contributed by atoms with Crippen molar-refractivity contribution in [2.45, 2.75) is 127 Å². The lowest BCUT2D eigenvalue weighted by molar-refractivity contribution is -0.136. The molecule has 0 aliphatic carbocycles. The molecular formula is C52H74N18O9. The highest BCUT2D eigenvalue weighted by atomic mass is 16.2. The largest absolute Gasteiger partial charge is 0.370 e. The first-order valence-electron chi connectivity index (χ1n) is 26.3. The van der Waals surface area contributed by atoms with E-state index in [2.05, 4.69) is 73.4 Å². The summed E-state index contributed by atoms with van der Waals surface area (Å²) in [4.78, 5) is 137. The number of carbonyl (C=O) groups is 9. The summed E-state index contributed by atoms with van der Waals surface area (Å²) in [6.45, 7) is 3.45. The molecule has 426 valence electrons. The maximum atomic E-state index is 14.8. The summed E-state index contributed by atoms with van der Waals surface area (Å²) < 4.78 is 0. The van der Waals surface area contributed by atoms with Gasteiger partial charge in [0.25, 0.3) is 0 Å². The first kappa shape index (κ1) is 60.8. The number of nitrogens with zero attached hydrogens (tertiary/aromatic N) is 1. The number of hydrogen-bond donors (Lipinski definition) is 17. The van der Waals surface area contributed by atoms with Crippen LogP contribution in [0, 0.1) is 10.8 Å². The van der Waals surface area contributed by atoms with Crippen molar-refractivity contribution in [2.75, 3.05) is 26.2 Å². The third-order valence-corrected chi connectivity index (χ3v) is 12.8. The molecule has 1 fully saturated rings. The van der Waals surface area contributed by atoms with Gasteiger partial charge in [-0.05, 0) is 69.1 Å². The fourth-order valence-corrected chi connectivity index (χ4v) is 8.82. The summed E-state index contributed by atoms with van der Waals surface area (Å²) in [7, 11) is 0. The smallest absolute Gasteiger partial charge is 0.243 e. The Bertz CT molecular complexity index is 2740. The third-order valence-electron chi connectivity index (χ3n) is 12.8. The van der Waals surface area contributed by atoms with E-state index < -0.39 is 95.5 Å². The van der Waals surface area contributed by atoms with Crippen LogP contribution in [0.2, 0.25) is 0 Å². The fraction of sp³-hybridized carbons (Fsp3) is 0.462. The molecule has 19 N–H and O–H groups in total. The number of amides is 9. The number of hydrogen-bond acceptors (Lipinski definition) is 12. The van der Waals surface area contributed by atoms with Gasteiger partial charge in [0.05, 0.1) is 12.0 Å². The zero-order chi connectivity index (χ0) is 57.3. The summed E-state index contributed by atoms with van der Waals surface area (Å²) >= 11 is 0. The molecule has 0 radical (unpaired) electrons. The molecule has 7 atom stereocenters. The molecule has 0 spiro atoms. The molecule has 0 saturated carbocycles. The number of guanidine groups is 2. The number of benzene rings is 2. The minimum absolute atomic E-state index is 0.0121. The topological polar surface area (TPSA) is 430 Å². The van der Waals surface area contributed by atoms with Gasteiger partial charge in [-0.15, -0.1) is 0 Å². The average Bonchev–Trinajstić information content (AvgIpc) is 4.10. The van der Waals surface area contributed by atoms with Crippen LogP contribution < -0.4 is 70.0 Å². The average molecular weight is 1100 g/mol. The van der Waals surface area contributed by atoms with Crippen molar-refractivity contribution in [3.63, 3.8) is 0 Å².